The zero-order valence-corrected chi connectivity index (χ0v) is 13.6. The van der Waals surface area contributed by atoms with Gasteiger partial charge in [-0.15, -0.1) is 0 Å². The lowest BCUT2D eigenvalue weighted by Crippen LogP contribution is -2.30. The number of carbonyl (C=O) groups excluding carboxylic acids is 1. The predicted molar refractivity (Wildman–Crippen MR) is 87.5 cm³/mol. The van der Waals surface area contributed by atoms with Crippen molar-refractivity contribution >= 4 is 5.91 Å². The van der Waals surface area contributed by atoms with Crippen molar-refractivity contribution in [2.75, 3.05) is 7.11 Å². The van der Waals surface area contributed by atoms with Gasteiger partial charge in [-0.3, -0.25) is 9.59 Å². The maximum atomic E-state index is 12.2. The summed E-state index contributed by atoms with van der Waals surface area (Å²) in [6.45, 7) is 4.82. The van der Waals surface area contributed by atoms with Crippen molar-refractivity contribution in [3.05, 3.63) is 58.0 Å². The third-order valence-corrected chi connectivity index (χ3v) is 3.22. The second-order valence-electron chi connectivity index (χ2n) is 5.67. The predicted octanol–water partition coefficient (Wildman–Crippen LogP) is 1.84. The Labute approximate surface area is 135 Å². The third-order valence-electron chi connectivity index (χ3n) is 3.22. The lowest BCUT2D eigenvalue weighted by Gasteiger charge is -2.10. The molecule has 1 aromatic carbocycles. The summed E-state index contributed by atoms with van der Waals surface area (Å²) in [5.74, 6) is 0.695. The molecule has 0 saturated carbocycles. The monoisotopic (exact) mass is 315 g/mol. The first-order chi connectivity index (χ1) is 11.0. The number of methoxy groups -OCH3 is 1. The van der Waals surface area contributed by atoms with E-state index in [0.29, 0.717) is 13.1 Å². The maximum absolute atomic E-state index is 12.2. The highest BCUT2D eigenvalue weighted by molar-refractivity contribution is 5.91. The fraction of sp³-hybridized carbons (Fsp3) is 0.353. The molecule has 0 spiro atoms. The van der Waals surface area contributed by atoms with Crippen molar-refractivity contribution in [1.29, 1.82) is 0 Å². The molecule has 6 nitrogen and oxygen atoms in total. The Hall–Kier alpha value is -2.63. The number of ether oxygens (including phenoxy) is 1. The van der Waals surface area contributed by atoms with Gasteiger partial charge < -0.3 is 10.1 Å². The van der Waals surface area contributed by atoms with Crippen LogP contribution in [0, 0.1) is 5.92 Å². The SMILES string of the molecule is COc1cccc(CNC(=O)c2ccc(=O)n(CC(C)C)n2)c1. The number of rotatable bonds is 6. The molecule has 6 heteroatoms. The molecule has 0 unspecified atom stereocenters. The van der Waals surface area contributed by atoms with Crippen molar-refractivity contribution < 1.29 is 9.53 Å². The van der Waals surface area contributed by atoms with Crippen LogP contribution in [-0.2, 0) is 13.1 Å². The molecule has 1 aromatic heterocycles. The first kappa shape index (κ1) is 16.7. The molecule has 1 N–H and O–H groups in total. The molecule has 2 aromatic rings. The van der Waals surface area contributed by atoms with Crippen molar-refractivity contribution in [2.24, 2.45) is 5.92 Å². The van der Waals surface area contributed by atoms with Crippen LogP contribution in [0.15, 0.2) is 41.2 Å². The van der Waals surface area contributed by atoms with Crippen LogP contribution < -0.4 is 15.6 Å². The Morgan fingerprint density at radius 3 is 2.78 bits per heavy atom. The molecular formula is C17H21N3O3. The largest absolute Gasteiger partial charge is 0.497 e. The van der Waals surface area contributed by atoms with Crippen molar-refractivity contribution in [3.63, 3.8) is 0 Å². The lowest BCUT2D eigenvalue weighted by molar-refractivity contribution is 0.0943. The van der Waals surface area contributed by atoms with Crippen molar-refractivity contribution in [1.82, 2.24) is 15.1 Å². The van der Waals surface area contributed by atoms with Crippen molar-refractivity contribution in [2.45, 2.75) is 26.9 Å². The van der Waals surface area contributed by atoms with Crippen LogP contribution in [0.1, 0.15) is 29.9 Å². The third kappa shape index (κ3) is 4.67. The molecule has 0 atom stereocenters. The van der Waals surface area contributed by atoms with Crippen LogP contribution >= 0.6 is 0 Å². The molecule has 1 heterocycles. The van der Waals surface area contributed by atoms with E-state index in [1.54, 1.807) is 7.11 Å². The van der Waals surface area contributed by atoms with Crippen LogP contribution in [0.2, 0.25) is 0 Å². The highest BCUT2D eigenvalue weighted by Crippen LogP contribution is 2.12. The summed E-state index contributed by atoms with van der Waals surface area (Å²) in [6, 6.07) is 10.3. The number of nitrogens with one attached hydrogen (secondary N) is 1. The summed E-state index contributed by atoms with van der Waals surface area (Å²) < 4.78 is 6.47. The van der Waals surface area contributed by atoms with Gasteiger partial charge in [0, 0.05) is 19.2 Å². The summed E-state index contributed by atoms with van der Waals surface area (Å²) >= 11 is 0. The maximum Gasteiger partial charge on any atom is 0.271 e. The lowest BCUT2D eigenvalue weighted by atomic mass is 10.2. The first-order valence-electron chi connectivity index (χ1n) is 7.49. The minimum Gasteiger partial charge on any atom is -0.497 e. The van der Waals surface area contributed by atoms with E-state index in [1.807, 2.05) is 38.1 Å². The smallest absolute Gasteiger partial charge is 0.271 e. The molecule has 122 valence electrons. The summed E-state index contributed by atoms with van der Waals surface area (Å²) in [6.07, 6.45) is 0. The normalized spacial score (nSPS) is 10.6. The first-order valence-corrected chi connectivity index (χ1v) is 7.49. The minimum atomic E-state index is -0.315. The van der Waals surface area contributed by atoms with E-state index >= 15 is 0 Å². The van der Waals surface area contributed by atoms with E-state index in [1.165, 1.54) is 16.8 Å². The number of nitrogens with zero attached hydrogens (tertiary/aromatic N) is 2. The second kappa shape index (κ2) is 7.58. The molecule has 0 aliphatic carbocycles. The van der Waals surface area contributed by atoms with E-state index in [2.05, 4.69) is 10.4 Å². The van der Waals surface area contributed by atoms with Gasteiger partial charge in [0.2, 0.25) is 0 Å². The fourth-order valence-electron chi connectivity index (χ4n) is 2.10. The van der Waals surface area contributed by atoms with E-state index in [0.717, 1.165) is 11.3 Å². The van der Waals surface area contributed by atoms with E-state index in [4.69, 9.17) is 4.74 Å². The van der Waals surface area contributed by atoms with Crippen LogP contribution in [0.3, 0.4) is 0 Å². The average Bonchev–Trinajstić information content (AvgIpc) is 2.54. The number of aromatic nitrogens is 2. The average molecular weight is 315 g/mol. The highest BCUT2D eigenvalue weighted by Gasteiger charge is 2.10. The molecule has 0 aliphatic rings. The molecule has 2 rings (SSSR count). The Morgan fingerprint density at radius 2 is 2.09 bits per heavy atom. The Kier molecular flexibility index (Phi) is 5.51. The molecule has 1 amide bonds. The van der Waals surface area contributed by atoms with Gasteiger partial charge in [0.1, 0.15) is 11.4 Å². The van der Waals surface area contributed by atoms with Crippen LogP contribution in [0.4, 0.5) is 0 Å². The fourth-order valence-corrected chi connectivity index (χ4v) is 2.10. The van der Waals surface area contributed by atoms with E-state index in [9.17, 15) is 9.59 Å². The zero-order valence-electron chi connectivity index (χ0n) is 13.6. The number of carbonyl (C=O) groups is 1. The molecule has 23 heavy (non-hydrogen) atoms. The van der Waals surface area contributed by atoms with Gasteiger partial charge in [-0.25, -0.2) is 4.68 Å². The van der Waals surface area contributed by atoms with Gasteiger partial charge in [-0.2, -0.15) is 5.10 Å². The molecule has 0 aliphatic heterocycles. The number of amides is 1. The molecule has 0 saturated heterocycles. The van der Waals surface area contributed by atoms with Gasteiger partial charge in [0.25, 0.3) is 11.5 Å². The molecule has 0 bridgehead atoms. The van der Waals surface area contributed by atoms with Crippen LogP contribution in [0.25, 0.3) is 0 Å². The van der Waals surface area contributed by atoms with Gasteiger partial charge in [0.05, 0.1) is 7.11 Å². The van der Waals surface area contributed by atoms with E-state index in [-0.39, 0.29) is 23.1 Å². The zero-order chi connectivity index (χ0) is 16.8. The quantitative estimate of drug-likeness (QED) is 0.883. The Balaban J connectivity index is 2.07. The minimum absolute atomic E-state index is 0.206. The van der Waals surface area contributed by atoms with Gasteiger partial charge in [-0.1, -0.05) is 26.0 Å². The topological polar surface area (TPSA) is 73.2 Å². The standard InChI is InChI=1S/C17H21N3O3/c1-12(2)11-20-16(21)8-7-15(19-20)17(22)18-10-13-5-4-6-14(9-13)23-3/h4-9,12H,10-11H2,1-3H3,(H,18,22). The van der Waals surface area contributed by atoms with E-state index < -0.39 is 0 Å². The highest BCUT2D eigenvalue weighted by atomic mass is 16.5. The second-order valence-corrected chi connectivity index (χ2v) is 5.67. The summed E-state index contributed by atoms with van der Waals surface area (Å²) in [4.78, 5) is 23.9. The van der Waals surface area contributed by atoms with Crippen LogP contribution in [0.5, 0.6) is 5.75 Å². The number of hydrogen-bond acceptors (Lipinski definition) is 4. The summed E-state index contributed by atoms with van der Waals surface area (Å²) in [5, 5.41) is 6.92. The molecule has 0 fully saturated rings. The van der Waals surface area contributed by atoms with Gasteiger partial charge >= 0.3 is 0 Å². The Morgan fingerprint density at radius 1 is 1.30 bits per heavy atom. The van der Waals surface area contributed by atoms with Crippen molar-refractivity contribution in [3.8, 4) is 5.75 Å². The summed E-state index contributed by atoms with van der Waals surface area (Å²) in [5.41, 5.74) is 0.949. The molecular weight excluding hydrogens is 294 g/mol. The number of benzene rings is 1. The molecule has 0 radical (unpaired) electrons. The van der Waals surface area contributed by atoms with Crippen LogP contribution in [-0.4, -0.2) is 22.8 Å². The Bertz CT molecular complexity index is 738. The van der Waals surface area contributed by atoms with Gasteiger partial charge in [0.15, 0.2) is 0 Å². The summed E-state index contributed by atoms with van der Waals surface area (Å²) in [7, 11) is 1.60. The number of hydrogen-bond donors (Lipinski definition) is 1. The van der Waals surface area contributed by atoms with Gasteiger partial charge in [-0.05, 0) is 29.7 Å².